The Morgan fingerprint density at radius 1 is 1.44 bits per heavy atom. The first-order valence-corrected chi connectivity index (χ1v) is 5.26. The molecule has 0 fully saturated rings. The van der Waals surface area contributed by atoms with Crippen molar-refractivity contribution in [3.05, 3.63) is 67.2 Å². The molecule has 0 aromatic carbocycles. The molecule has 0 amide bonds. The normalized spacial score (nSPS) is 12.3. The van der Waals surface area contributed by atoms with Crippen molar-refractivity contribution in [3.8, 4) is 0 Å². The highest BCUT2D eigenvalue weighted by Crippen LogP contribution is 2.07. The minimum atomic E-state index is 0.788. The second-order valence-corrected chi connectivity index (χ2v) is 3.16. The van der Waals surface area contributed by atoms with Crippen LogP contribution in [0.25, 0.3) is 0 Å². The Kier molecular flexibility index (Phi) is 4.93. The predicted molar refractivity (Wildman–Crippen MR) is 69.5 cm³/mol. The molecule has 0 N–H and O–H groups in total. The molecule has 1 heterocycles. The lowest BCUT2D eigenvalue weighted by atomic mass is 10.2. The van der Waals surface area contributed by atoms with Crippen LogP contribution in [-0.2, 0) is 0 Å². The number of rotatable bonds is 5. The zero-order valence-electron chi connectivity index (χ0n) is 9.56. The molecule has 2 heteroatoms. The lowest BCUT2D eigenvalue weighted by molar-refractivity contribution is 1.07. The molecule has 0 aliphatic carbocycles. The molecule has 0 aliphatic rings. The summed E-state index contributed by atoms with van der Waals surface area (Å²) >= 11 is 0. The van der Waals surface area contributed by atoms with E-state index in [2.05, 4.69) is 30.1 Å². The zero-order chi connectivity index (χ0) is 11.8. The van der Waals surface area contributed by atoms with Crippen LogP contribution in [0, 0.1) is 0 Å². The number of nitrogens with zero attached hydrogens (tertiary/aromatic N) is 2. The highest BCUT2D eigenvalue weighted by Gasteiger charge is 2.00. The van der Waals surface area contributed by atoms with Gasteiger partial charge >= 0.3 is 0 Å². The molecule has 82 valence electrons. The van der Waals surface area contributed by atoms with Gasteiger partial charge in [-0.2, -0.15) is 0 Å². The van der Waals surface area contributed by atoms with Gasteiger partial charge in [0.2, 0.25) is 0 Å². The van der Waals surface area contributed by atoms with Crippen molar-refractivity contribution in [1.82, 2.24) is 4.98 Å². The van der Waals surface area contributed by atoms with E-state index in [1.807, 2.05) is 24.3 Å². The van der Waals surface area contributed by atoms with Crippen molar-refractivity contribution in [2.45, 2.75) is 13.3 Å². The van der Waals surface area contributed by atoms with Crippen LogP contribution in [0.4, 0.5) is 0 Å². The molecule has 0 unspecified atom stereocenters. The lowest BCUT2D eigenvalue weighted by Gasteiger charge is -2.02. The molecule has 1 aromatic heterocycles. The average molecular weight is 212 g/mol. The van der Waals surface area contributed by atoms with E-state index >= 15 is 0 Å². The van der Waals surface area contributed by atoms with E-state index in [0.29, 0.717) is 0 Å². The number of pyridine rings is 1. The maximum absolute atomic E-state index is 4.50. The molecular formula is C14H16N2. The summed E-state index contributed by atoms with van der Waals surface area (Å²) in [5, 5.41) is 0. The van der Waals surface area contributed by atoms with Gasteiger partial charge in [0.1, 0.15) is 0 Å². The summed E-state index contributed by atoms with van der Waals surface area (Å²) in [4.78, 5) is 8.74. The smallest absolute Gasteiger partial charge is 0.0886 e. The highest BCUT2D eigenvalue weighted by molar-refractivity contribution is 6.07. The third kappa shape index (κ3) is 3.31. The van der Waals surface area contributed by atoms with Crippen LogP contribution < -0.4 is 0 Å². The summed E-state index contributed by atoms with van der Waals surface area (Å²) in [7, 11) is 0. The van der Waals surface area contributed by atoms with Crippen molar-refractivity contribution in [2.24, 2.45) is 4.99 Å². The third-order valence-corrected chi connectivity index (χ3v) is 2.06. The Balaban J connectivity index is 3.07. The van der Waals surface area contributed by atoms with E-state index in [4.69, 9.17) is 0 Å². The van der Waals surface area contributed by atoms with Gasteiger partial charge in [0.15, 0.2) is 0 Å². The van der Waals surface area contributed by atoms with E-state index in [1.165, 1.54) is 0 Å². The fourth-order valence-corrected chi connectivity index (χ4v) is 1.25. The maximum atomic E-state index is 4.50. The Labute approximate surface area is 96.8 Å². The monoisotopic (exact) mass is 212 g/mol. The van der Waals surface area contributed by atoms with Crippen molar-refractivity contribution < 1.29 is 0 Å². The molecule has 0 bridgehead atoms. The summed E-state index contributed by atoms with van der Waals surface area (Å²) in [6.07, 6.45) is 7.95. The predicted octanol–water partition coefficient (Wildman–Crippen LogP) is 3.54. The molecule has 2 nitrogen and oxygen atoms in total. The van der Waals surface area contributed by atoms with Gasteiger partial charge in [-0.15, -0.1) is 0 Å². The topological polar surface area (TPSA) is 25.2 Å². The molecule has 0 atom stereocenters. The summed E-state index contributed by atoms with van der Waals surface area (Å²) in [5.74, 6) is 0. The largest absolute Gasteiger partial charge is 0.255 e. The fourth-order valence-electron chi connectivity index (χ4n) is 1.25. The van der Waals surface area contributed by atoms with Gasteiger partial charge in [-0.1, -0.05) is 32.2 Å². The van der Waals surface area contributed by atoms with Gasteiger partial charge in [0.25, 0.3) is 0 Å². The number of hydrogen-bond donors (Lipinski definition) is 0. The first kappa shape index (κ1) is 12.1. The highest BCUT2D eigenvalue weighted by atomic mass is 14.8. The minimum Gasteiger partial charge on any atom is -0.255 e. The van der Waals surface area contributed by atoms with Gasteiger partial charge in [-0.3, -0.25) is 9.98 Å². The first-order valence-electron chi connectivity index (χ1n) is 5.26. The van der Waals surface area contributed by atoms with Crippen molar-refractivity contribution in [3.63, 3.8) is 0 Å². The van der Waals surface area contributed by atoms with E-state index in [9.17, 15) is 0 Å². The molecule has 0 spiro atoms. The fraction of sp³-hybridized carbons (Fsp3) is 0.143. The third-order valence-electron chi connectivity index (χ3n) is 2.06. The van der Waals surface area contributed by atoms with Crippen LogP contribution in [0.3, 0.4) is 0 Å². The number of aliphatic imine (C=N–C) groups is 1. The molecule has 1 aromatic rings. The Morgan fingerprint density at radius 3 is 2.75 bits per heavy atom. The van der Waals surface area contributed by atoms with Gasteiger partial charge < -0.3 is 0 Å². The zero-order valence-corrected chi connectivity index (χ0v) is 9.56. The Bertz CT molecular complexity index is 414. The average Bonchev–Trinajstić information content (AvgIpc) is 2.35. The standard InChI is InChI=1S/C14H16N2/c1-4-9-12(5-2)16-13(6-3)14-10-7-8-11-15-14/h4,6-11H,1,3,5H2,2H3/b12-9-,16-13?. The molecular weight excluding hydrogens is 196 g/mol. The quantitative estimate of drug-likeness (QED) is 0.541. The molecule has 1 rings (SSSR count). The van der Waals surface area contributed by atoms with Crippen molar-refractivity contribution in [1.29, 1.82) is 0 Å². The summed E-state index contributed by atoms with van der Waals surface area (Å²) < 4.78 is 0. The summed E-state index contributed by atoms with van der Waals surface area (Å²) in [5.41, 5.74) is 2.59. The summed E-state index contributed by atoms with van der Waals surface area (Å²) in [6.45, 7) is 9.48. The van der Waals surface area contributed by atoms with Crippen molar-refractivity contribution >= 4 is 5.71 Å². The summed E-state index contributed by atoms with van der Waals surface area (Å²) in [6, 6.07) is 5.73. The van der Waals surface area contributed by atoms with Crippen LogP contribution in [0.5, 0.6) is 0 Å². The molecule has 0 saturated heterocycles. The van der Waals surface area contributed by atoms with Crippen LogP contribution in [-0.4, -0.2) is 10.7 Å². The second-order valence-electron chi connectivity index (χ2n) is 3.16. The minimum absolute atomic E-state index is 0.788. The number of hydrogen-bond acceptors (Lipinski definition) is 2. The van der Waals surface area contributed by atoms with Gasteiger partial charge in [0, 0.05) is 11.9 Å². The van der Waals surface area contributed by atoms with Crippen LogP contribution in [0.2, 0.25) is 0 Å². The lowest BCUT2D eigenvalue weighted by Crippen LogP contribution is -1.99. The Morgan fingerprint density at radius 2 is 2.25 bits per heavy atom. The van der Waals surface area contributed by atoms with E-state index in [0.717, 1.165) is 23.5 Å². The van der Waals surface area contributed by atoms with Crippen LogP contribution in [0.15, 0.2) is 66.5 Å². The molecule has 0 aliphatic heterocycles. The van der Waals surface area contributed by atoms with E-state index < -0.39 is 0 Å². The Hall–Kier alpha value is -1.96. The van der Waals surface area contributed by atoms with Crippen LogP contribution >= 0.6 is 0 Å². The van der Waals surface area contributed by atoms with Gasteiger partial charge in [0.05, 0.1) is 11.4 Å². The van der Waals surface area contributed by atoms with Crippen LogP contribution in [0.1, 0.15) is 19.0 Å². The number of allylic oxidation sites excluding steroid dienone is 4. The second kappa shape index (κ2) is 6.51. The number of aromatic nitrogens is 1. The van der Waals surface area contributed by atoms with Gasteiger partial charge in [-0.25, -0.2) is 0 Å². The first-order chi connectivity index (χ1) is 7.81. The van der Waals surface area contributed by atoms with E-state index in [-0.39, 0.29) is 0 Å². The molecule has 0 saturated carbocycles. The maximum Gasteiger partial charge on any atom is 0.0886 e. The molecule has 16 heavy (non-hydrogen) atoms. The van der Waals surface area contributed by atoms with E-state index in [1.54, 1.807) is 18.3 Å². The SMILES string of the molecule is C=C/C=C(/CC)N=C(C=C)c1ccccn1. The van der Waals surface area contributed by atoms with Crippen molar-refractivity contribution in [2.75, 3.05) is 0 Å². The van der Waals surface area contributed by atoms with Gasteiger partial charge in [-0.05, 0) is 30.7 Å². The molecule has 0 radical (unpaired) electrons.